The monoisotopic (exact) mass is 311 g/mol. The number of carboxylic acid groups (broad SMARTS) is 1. The van der Waals surface area contributed by atoms with E-state index in [2.05, 4.69) is 0 Å². The average molecular weight is 311 g/mol. The Hall–Kier alpha value is -2.10. The molecule has 0 heterocycles. The zero-order chi connectivity index (χ0) is 15.7. The molecular formula is C10H8F3NO5S. The third kappa shape index (κ3) is 3.95. The van der Waals surface area contributed by atoms with Crippen LogP contribution in [-0.4, -0.2) is 37.8 Å². The van der Waals surface area contributed by atoms with Crippen LogP contribution >= 0.6 is 0 Å². The summed E-state index contributed by atoms with van der Waals surface area (Å²) in [5.41, 5.74) is -1.14. The smallest absolute Gasteiger partial charge is 0.471 e. The molecule has 1 aromatic carbocycles. The quantitative estimate of drug-likeness (QED) is 0.876. The second-order valence-electron chi connectivity index (χ2n) is 3.78. The summed E-state index contributed by atoms with van der Waals surface area (Å²) in [7, 11) is -3.85. The SMILES string of the molecule is CS(=O)(=O)c1cc(NC(=O)C(F)(F)F)cc(C(=O)O)c1. The Bertz CT molecular complexity index is 666. The van der Waals surface area contributed by atoms with E-state index in [0.717, 1.165) is 24.5 Å². The van der Waals surface area contributed by atoms with E-state index in [1.807, 2.05) is 0 Å². The molecule has 0 fully saturated rings. The van der Waals surface area contributed by atoms with Gasteiger partial charge in [0.2, 0.25) is 0 Å². The Morgan fingerprint density at radius 2 is 1.75 bits per heavy atom. The van der Waals surface area contributed by atoms with Crippen molar-refractivity contribution in [1.82, 2.24) is 0 Å². The van der Waals surface area contributed by atoms with Crippen molar-refractivity contribution in [2.24, 2.45) is 0 Å². The maximum atomic E-state index is 12.1. The fraction of sp³-hybridized carbons (Fsp3) is 0.200. The van der Waals surface area contributed by atoms with Gasteiger partial charge < -0.3 is 10.4 Å². The second kappa shape index (κ2) is 5.12. The third-order valence-electron chi connectivity index (χ3n) is 2.10. The van der Waals surface area contributed by atoms with Gasteiger partial charge in [-0.25, -0.2) is 13.2 Å². The molecule has 0 saturated carbocycles. The van der Waals surface area contributed by atoms with Gasteiger partial charge in [-0.1, -0.05) is 0 Å². The second-order valence-corrected chi connectivity index (χ2v) is 5.79. The number of nitrogens with one attached hydrogen (secondary N) is 1. The Morgan fingerprint density at radius 1 is 1.20 bits per heavy atom. The van der Waals surface area contributed by atoms with Crippen molar-refractivity contribution in [3.63, 3.8) is 0 Å². The lowest BCUT2D eigenvalue weighted by molar-refractivity contribution is -0.167. The van der Waals surface area contributed by atoms with Crippen LogP contribution in [0.4, 0.5) is 18.9 Å². The maximum Gasteiger partial charge on any atom is 0.471 e. The molecule has 0 aliphatic carbocycles. The zero-order valence-electron chi connectivity index (χ0n) is 9.85. The first-order chi connectivity index (χ1) is 8.91. The fourth-order valence-electron chi connectivity index (χ4n) is 1.21. The van der Waals surface area contributed by atoms with E-state index >= 15 is 0 Å². The molecule has 20 heavy (non-hydrogen) atoms. The first kappa shape index (κ1) is 16.0. The first-order valence-electron chi connectivity index (χ1n) is 4.88. The van der Waals surface area contributed by atoms with Crippen LogP contribution in [0, 0.1) is 0 Å². The highest BCUT2D eigenvalue weighted by Crippen LogP contribution is 2.22. The molecule has 0 radical (unpaired) electrons. The molecule has 0 saturated heterocycles. The predicted molar refractivity (Wildman–Crippen MR) is 61.2 cm³/mol. The summed E-state index contributed by atoms with van der Waals surface area (Å²) in [5.74, 6) is -3.88. The van der Waals surface area contributed by atoms with Crippen LogP contribution < -0.4 is 5.32 Å². The summed E-state index contributed by atoms with van der Waals surface area (Å²) in [6.45, 7) is 0. The number of aromatic carboxylic acids is 1. The Kier molecular flexibility index (Phi) is 4.08. The number of alkyl halides is 3. The lowest BCUT2D eigenvalue weighted by atomic mass is 10.2. The number of hydrogen-bond acceptors (Lipinski definition) is 4. The van der Waals surface area contributed by atoms with Gasteiger partial charge in [0.1, 0.15) is 0 Å². The number of amides is 1. The van der Waals surface area contributed by atoms with Crippen molar-refractivity contribution < 1.29 is 36.3 Å². The lowest BCUT2D eigenvalue weighted by Gasteiger charge is -2.10. The largest absolute Gasteiger partial charge is 0.478 e. The van der Waals surface area contributed by atoms with Gasteiger partial charge in [-0.05, 0) is 18.2 Å². The standard InChI is InChI=1S/C10H8F3NO5S/c1-20(18,19)7-3-5(8(15)16)2-6(4-7)14-9(17)10(11,12)13/h2-4H,1H3,(H,14,17)(H,15,16). The van der Waals surface area contributed by atoms with Gasteiger partial charge in [-0.3, -0.25) is 4.79 Å². The number of hydrogen-bond donors (Lipinski definition) is 2. The molecule has 10 heteroatoms. The van der Waals surface area contributed by atoms with Crippen molar-refractivity contribution in [1.29, 1.82) is 0 Å². The Morgan fingerprint density at radius 3 is 2.15 bits per heavy atom. The van der Waals surface area contributed by atoms with Crippen LogP contribution in [-0.2, 0) is 14.6 Å². The molecule has 0 aliphatic heterocycles. The third-order valence-corrected chi connectivity index (χ3v) is 3.19. The zero-order valence-corrected chi connectivity index (χ0v) is 10.7. The minimum absolute atomic E-state index is 0.519. The number of carboxylic acids is 1. The summed E-state index contributed by atoms with van der Waals surface area (Å²) < 4.78 is 58.9. The molecule has 2 N–H and O–H groups in total. The van der Waals surface area contributed by atoms with E-state index in [-0.39, 0.29) is 0 Å². The lowest BCUT2D eigenvalue weighted by Crippen LogP contribution is -2.30. The van der Waals surface area contributed by atoms with Crippen molar-refractivity contribution in [2.75, 3.05) is 11.6 Å². The van der Waals surface area contributed by atoms with E-state index in [4.69, 9.17) is 5.11 Å². The minimum atomic E-state index is -5.18. The molecule has 110 valence electrons. The van der Waals surface area contributed by atoms with Crippen LogP contribution in [0.2, 0.25) is 0 Å². The van der Waals surface area contributed by atoms with E-state index in [9.17, 15) is 31.2 Å². The van der Waals surface area contributed by atoms with E-state index < -0.39 is 44.0 Å². The number of anilines is 1. The molecule has 0 bridgehead atoms. The molecule has 0 spiro atoms. The minimum Gasteiger partial charge on any atom is -0.478 e. The molecular weight excluding hydrogens is 303 g/mol. The van der Waals surface area contributed by atoms with E-state index in [0.29, 0.717) is 0 Å². The van der Waals surface area contributed by atoms with Gasteiger partial charge in [0.15, 0.2) is 9.84 Å². The van der Waals surface area contributed by atoms with Gasteiger partial charge in [-0.15, -0.1) is 0 Å². The normalized spacial score (nSPS) is 12.0. The highest BCUT2D eigenvalue weighted by Gasteiger charge is 2.38. The molecule has 0 aromatic heterocycles. The highest BCUT2D eigenvalue weighted by atomic mass is 32.2. The average Bonchev–Trinajstić information content (AvgIpc) is 2.25. The Balaban J connectivity index is 3.31. The van der Waals surface area contributed by atoms with Crippen LogP contribution in [0.5, 0.6) is 0 Å². The Labute approximate surface area is 111 Å². The molecule has 6 nitrogen and oxygen atoms in total. The summed E-state index contributed by atoms with van der Waals surface area (Å²) in [5, 5.41) is 10.2. The summed E-state index contributed by atoms with van der Waals surface area (Å²) in [6.07, 6.45) is -4.42. The van der Waals surface area contributed by atoms with Crippen molar-refractivity contribution in [3.05, 3.63) is 23.8 Å². The van der Waals surface area contributed by atoms with E-state index in [1.54, 1.807) is 0 Å². The molecule has 1 aromatic rings. The number of benzene rings is 1. The topological polar surface area (TPSA) is 101 Å². The number of halogens is 3. The maximum absolute atomic E-state index is 12.1. The van der Waals surface area contributed by atoms with Crippen molar-refractivity contribution >= 4 is 27.4 Å². The molecule has 0 unspecified atom stereocenters. The first-order valence-corrected chi connectivity index (χ1v) is 6.77. The number of sulfone groups is 1. The molecule has 0 aliphatic rings. The fourth-order valence-corrected chi connectivity index (χ4v) is 1.89. The van der Waals surface area contributed by atoms with Gasteiger partial charge >= 0.3 is 18.1 Å². The molecule has 1 rings (SSSR count). The predicted octanol–water partition coefficient (Wildman–Crippen LogP) is 1.29. The van der Waals surface area contributed by atoms with Gasteiger partial charge in [0, 0.05) is 11.9 Å². The number of carbonyl (C=O) groups excluding carboxylic acids is 1. The van der Waals surface area contributed by atoms with Gasteiger partial charge in [0.05, 0.1) is 10.5 Å². The van der Waals surface area contributed by atoms with Crippen LogP contribution in [0.3, 0.4) is 0 Å². The van der Waals surface area contributed by atoms with Crippen molar-refractivity contribution in [3.8, 4) is 0 Å². The number of carbonyl (C=O) groups is 2. The van der Waals surface area contributed by atoms with Crippen LogP contribution in [0.25, 0.3) is 0 Å². The number of rotatable bonds is 3. The van der Waals surface area contributed by atoms with Gasteiger partial charge in [-0.2, -0.15) is 13.2 Å². The summed E-state index contributed by atoms with van der Waals surface area (Å²) >= 11 is 0. The molecule has 0 atom stereocenters. The van der Waals surface area contributed by atoms with Crippen LogP contribution in [0.15, 0.2) is 23.1 Å². The van der Waals surface area contributed by atoms with Crippen LogP contribution in [0.1, 0.15) is 10.4 Å². The van der Waals surface area contributed by atoms with Gasteiger partial charge in [0.25, 0.3) is 0 Å². The highest BCUT2D eigenvalue weighted by molar-refractivity contribution is 7.90. The summed E-state index contributed by atoms with van der Waals surface area (Å²) in [4.78, 5) is 21.0. The van der Waals surface area contributed by atoms with Crippen molar-refractivity contribution in [2.45, 2.75) is 11.1 Å². The summed E-state index contributed by atoms with van der Waals surface area (Å²) in [6, 6.07) is 2.24. The molecule has 1 amide bonds. The van der Waals surface area contributed by atoms with E-state index in [1.165, 1.54) is 5.32 Å².